The maximum absolute atomic E-state index is 11.5. The summed E-state index contributed by atoms with van der Waals surface area (Å²) < 4.78 is 9.18. The third-order valence-electron chi connectivity index (χ3n) is 1.98. The van der Waals surface area contributed by atoms with Crippen molar-refractivity contribution < 1.29 is 19.1 Å². The van der Waals surface area contributed by atoms with Crippen LogP contribution < -0.4 is 5.32 Å². The molecule has 1 N–H and O–H groups in total. The molecule has 0 aliphatic carbocycles. The molecule has 16 heavy (non-hydrogen) atoms. The molecule has 5 heteroatoms. The summed E-state index contributed by atoms with van der Waals surface area (Å²) in [5, 5.41) is 2.86. The molecule has 0 aromatic heterocycles. The van der Waals surface area contributed by atoms with Crippen molar-refractivity contribution in [3.63, 3.8) is 0 Å². The zero-order chi connectivity index (χ0) is 12.0. The Labute approximate surface area is 93.4 Å². The van der Waals surface area contributed by atoms with Crippen molar-refractivity contribution >= 4 is 11.9 Å². The molecule has 0 aromatic carbocycles. The van der Waals surface area contributed by atoms with Gasteiger partial charge >= 0.3 is 11.9 Å². The predicted molar refractivity (Wildman–Crippen MR) is 57.3 cm³/mol. The van der Waals surface area contributed by atoms with E-state index in [0.29, 0.717) is 6.54 Å². The molecule has 0 amide bonds. The Kier molecular flexibility index (Phi) is 4.32. The van der Waals surface area contributed by atoms with Crippen molar-refractivity contribution in [3.05, 3.63) is 35.6 Å². The summed E-state index contributed by atoms with van der Waals surface area (Å²) in [5.41, 5.74) is 0.316. The molecule has 1 heterocycles. The number of esters is 2. The first kappa shape index (κ1) is 12.0. The van der Waals surface area contributed by atoms with Gasteiger partial charge in [-0.05, 0) is 6.08 Å². The highest BCUT2D eigenvalue weighted by Gasteiger charge is 2.21. The zero-order valence-corrected chi connectivity index (χ0v) is 9.15. The molecule has 0 fully saturated rings. The van der Waals surface area contributed by atoms with Crippen LogP contribution in [0.25, 0.3) is 0 Å². The summed E-state index contributed by atoms with van der Waals surface area (Å²) in [7, 11) is 2.51. The number of hydrogen-bond donors (Lipinski definition) is 1. The zero-order valence-electron chi connectivity index (χ0n) is 9.15. The number of methoxy groups -OCH3 is 2. The van der Waals surface area contributed by atoms with Crippen LogP contribution in [-0.2, 0) is 19.1 Å². The highest BCUT2D eigenvalue weighted by Crippen LogP contribution is 2.14. The van der Waals surface area contributed by atoms with E-state index in [1.165, 1.54) is 26.5 Å². The van der Waals surface area contributed by atoms with Crippen molar-refractivity contribution in [2.24, 2.45) is 0 Å². The van der Waals surface area contributed by atoms with Gasteiger partial charge in [-0.15, -0.1) is 0 Å². The van der Waals surface area contributed by atoms with Crippen molar-refractivity contribution in [2.45, 2.75) is 0 Å². The highest BCUT2D eigenvalue weighted by molar-refractivity contribution is 6.07. The number of carbonyl (C=O) groups excluding carboxylic acids is 2. The average Bonchev–Trinajstić information content (AvgIpc) is 2.27. The molecule has 86 valence electrons. The van der Waals surface area contributed by atoms with Crippen LogP contribution in [-0.4, -0.2) is 32.7 Å². The minimum Gasteiger partial charge on any atom is -0.465 e. The topological polar surface area (TPSA) is 64.6 Å². The maximum atomic E-state index is 11.5. The number of ether oxygens (including phenoxy) is 2. The quantitative estimate of drug-likeness (QED) is 0.682. The number of rotatable bonds is 2. The largest absolute Gasteiger partial charge is 0.465 e. The van der Waals surface area contributed by atoms with Crippen LogP contribution in [0, 0.1) is 0 Å². The van der Waals surface area contributed by atoms with E-state index in [0.717, 1.165) is 0 Å². The van der Waals surface area contributed by atoms with Crippen LogP contribution in [0.3, 0.4) is 0 Å². The maximum Gasteiger partial charge on any atom is 0.340 e. The van der Waals surface area contributed by atoms with E-state index in [9.17, 15) is 9.59 Å². The monoisotopic (exact) mass is 223 g/mol. The van der Waals surface area contributed by atoms with Gasteiger partial charge in [-0.1, -0.05) is 12.2 Å². The van der Waals surface area contributed by atoms with Crippen molar-refractivity contribution in [1.82, 2.24) is 5.32 Å². The molecule has 0 spiro atoms. The molecule has 0 atom stereocenters. The van der Waals surface area contributed by atoms with Gasteiger partial charge in [-0.25, -0.2) is 9.59 Å². The summed E-state index contributed by atoms with van der Waals surface area (Å²) >= 11 is 0. The van der Waals surface area contributed by atoms with Gasteiger partial charge in [-0.2, -0.15) is 0 Å². The van der Waals surface area contributed by atoms with E-state index in [2.05, 4.69) is 14.8 Å². The average molecular weight is 223 g/mol. The van der Waals surface area contributed by atoms with Crippen molar-refractivity contribution in [2.75, 3.05) is 20.8 Å². The molecule has 0 saturated heterocycles. The van der Waals surface area contributed by atoms with E-state index < -0.39 is 11.9 Å². The standard InChI is InChI=1S/C11H13NO4/c1-15-10(13)8-5-3-4-6-12-7-9(8)11(14)16-2/h3-5,7,12H,6H2,1-2H3. The van der Waals surface area contributed by atoms with Gasteiger partial charge in [0.05, 0.1) is 25.4 Å². The molecule has 0 bridgehead atoms. The van der Waals surface area contributed by atoms with E-state index >= 15 is 0 Å². The van der Waals surface area contributed by atoms with Gasteiger partial charge in [0.1, 0.15) is 0 Å². The first-order chi connectivity index (χ1) is 7.70. The fourth-order valence-corrected chi connectivity index (χ4v) is 1.20. The number of hydrogen-bond acceptors (Lipinski definition) is 5. The summed E-state index contributed by atoms with van der Waals surface area (Å²) in [6, 6.07) is 0. The molecular formula is C11H13NO4. The summed E-state index contributed by atoms with van der Waals surface area (Å²) in [5.74, 6) is -1.16. The molecule has 0 saturated carbocycles. The summed E-state index contributed by atoms with van der Waals surface area (Å²) in [6.07, 6.45) is 6.45. The Morgan fingerprint density at radius 2 is 1.81 bits per heavy atom. The predicted octanol–water partition coefficient (Wildman–Crippen LogP) is 0.302. The Morgan fingerprint density at radius 1 is 1.19 bits per heavy atom. The Hall–Kier alpha value is -2.04. The van der Waals surface area contributed by atoms with Crippen molar-refractivity contribution in [1.29, 1.82) is 0 Å². The summed E-state index contributed by atoms with van der Waals surface area (Å²) in [4.78, 5) is 22.9. The fraction of sp³-hybridized carbons (Fsp3) is 0.273. The Bertz CT molecular complexity index is 379. The third-order valence-corrected chi connectivity index (χ3v) is 1.98. The Balaban J connectivity index is 3.11. The SMILES string of the molecule is COC(=O)C1=CC=CCNC=C1C(=O)OC. The second-order valence-corrected chi connectivity index (χ2v) is 2.96. The van der Waals surface area contributed by atoms with E-state index in [1.807, 2.05) is 6.08 Å². The molecular weight excluding hydrogens is 210 g/mol. The van der Waals surface area contributed by atoms with Crippen LogP contribution in [0.4, 0.5) is 0 Å². The van der Waals surface area contributed by atoms with Gasteiger partial charge in [0.15, 0.2) is 0 Å². The lowest BCUT2D eigenvalue weighted by Crippen LogP contribution is -2.19. The number of carbonyl (C=O) groups is 2. The van der Waals surface area contributed by atoms with Crippen LogP contribution in [0.1, 0.15) is 0 Å². The highest BCUT2D eigenvalue weighted by atomic mass is 16.5. The first-order valence-electron chi connectivity index (χ1n) is 4.68. The van der Waals surface area contributed by atoms with E-state index in [-0.39, 0.29) is 11.1 Å². The second kappa shape index (κ2) is 5.75. The van der Waals surface area contributed by atoms with Gasteiger partial charge in [0.2, 0.25) is 0 Å². The lowest BCUT2D eigenvalue weighted by Gasteiger charge is -2.10. The lowest BCUT2D eigenvalue weighted by atomic mass is 10.1. The molecule has 1 aliphatic heterocycles. The van der Waals surface area contributed by atoms with E-state index in [4.69, 9.17) is 0 Å². The van der Waals surface area contributed by atoms with Crippen molar-refractivity contribution in [3.8, 4) is 0 Å². The molecule has 0 aromatic rings. The molecule has 5 nitrogen and oxygen atoms in total. The van der Waals surface area contributed by atoms with Crippen LogP contribution in [0.5, 0.6) is 0 Å². The molecule has 0 unspecified atom stereocenters. The molecule has 1 aliphatic rings. The molecule has 0 radical (unpaired) electrons. The normalized spacial score (nSPS) is 14.9. The second-order valence-electron chi connectivity index (χ2n) is 2.96. The number of nitrogens with one attached hydrogen (secondary N) is 1. The minimum absolute atomic E-state index is 0.152. The van der Waals surface area contributed by atoms with Gasteiger partial charge < -0.3 is 14.8 Å². The lowest BCUT2D eigenvalue weighted by molar-refractivity contribution is -0.139. The third kappa shape index (κ3) is 2.73. The minimum atomic E-state index is -0.584. The fourth-order valence-electron chi connectivity index (χ4n) is 1.20. The smallest absolute Gasteiger partial charge is 0.340 e. The van der Waals surface area contributed by atoms with Crippen LogP contribution >= 0.6 is 0 Å². The van der Waals surface area contributed by atoms with Crippen LogP contribution in [0.15, 0.2) is 35.6 Å². The Morgan fingerprint density at radius 3 is 2.44 bits per heavy atom. The van der Waals surface area contributed by atoms with Gasteiger partial charge in [0, 0.05) is 12.7 Å². The summed E-state index contributed by atoms with van der Waals surface area (Å²) in [6.45, 7) is 0.575. The van der Waals surface area contributed by atoms with Gasteiger partial charge in [-0.3, -0.25) is 0 Å². The first-order valence-corrected chi connectivity index (χ1v) is 4.68. The molecule has 1 rings (SSSR count). The van der Waals surface area contributed by atoms with Gasteiger partial charge in [0.25, 0.3) is 0 Å². The van der Waals surface area contributed by atoms with Crippen LogP contribution in [0.2, 0.25) is 0 Å². The van der Waals surface area contributed by atoms with E-state index in [1.54, 1.807) is 6.08 Å². The number of allylic oxidation sites excluding steroid dienone is 2.